The lowest BCUT2D eigenvalue weighted by Gasteiger charge is -2.51. The summed E-state index contributed by atoms with van der Waals surface area (Å²) < 4.78 is 4.54. The van der Waals surface area contributed by atoms with Crippen LogP contribution < -0.4 is 5.32 Å². The highest BCUT2D eigenvalue weighted by Crippen LogP contribution is 2.58. The molecule has 0 heterocycles. The predicted octanol–water partition coefficient (Wildman–Crippen LogP) is 11.8. The van der Waals surface area contributed by atoms with E-state index in [-0.39, 0.29) is 21.7 Å². The summed E-state index contributed by atoms with van der Waals surface area (Å²) in [5.74, 6) is 5.34. The highest BCUT2D eigenvalue weighted by atomic mass is 16.5. The van der Waals surface area contributed by atoms with E-state index in [1.54, 1.807) is 7.11 Å². The van der Waals surface area contributed by atoms with Crippen LogP contribution in [0.15, 0.2) is 24.3 Å². The van der Waals surface area contributed by atoms with E-state index >= 15 is 0 Å². The Balaban J connectivity index is 0.00000120. The van der Waals surface area contributed by atoms with Crippen molar-refractivity contribution in [2.75, 3.05) is 13.7 Å². The zero-order chi connectivity index (χ0) is 37.5. The number of hydrogen-bond donors (Lipinski definition) is 3. The fourth-order valence-electron chi connectivity index (χ4n) is 11.7. The molecule has 4 aliphatic carbocycles. The molecule has 2 aromatic rings. The fourth-order valence-corrected chi connectivity index (χ4v) is 11.7. The first kappa shape index (κ1) is 40.2. The maximum atomic E-state index is 12.1. The molecule has 4 bridgehead atoms. The summed E-state index contributed by atoms with van der Waals surface area (Å²) in [5, 5.41) is 27.9. The molecule has 4 saturated carbocycles. The molecule has 0 spiro atoms. The van der Waals surface area contributed by atoms with E-state index in [1.165, 1.54) is 86.5 Å². The molecule has 6 rings (SSSR count). The molecule has 4 atom stereocenters. The van der Waals surface area contributed by atoms with Gasteiger partial charge in [0.2, 0.25) is 0 Å². The van der Waals surface area contributed by atoms with Gasteiger partial charge >= 0.3 is 0 Å². The third-order valence-corrected chi connectivity index (χ3v) is 13.4. The predicted molar refractivity (Wildman–Crippen MR) is 215 cm³/mol. The molecule has 0 aliphatic heterocycles. The Morgan fingerprint density at radius 3 is 1.20 bits per heavy atom. The molecule has 4 heteroatoms. The number of benzene rings is 2. The molecule has 0 radical (unpaired) electrons. The molecule has 3 N–H and O–H groups in total. The SMILES string of the molecule is CC1CC2CC(C)CC(c3cc(C(C)(C)C)cc(CNCc4cc(C(C)(C)C)cc(C56CC(C)CC(CC(C)C5)C6)c4O)c3O)(C1)C2.CCOC. The second-order valence-corrected chi connectivity index (χ2v) is 20.6. The zero-order valence-corrected chi connectivity index (χ0v) is 34.8. The first-order valence-electron chi connectivity index (χ1n) is 20.7. The molecule has 4 nitrogen and oxygen atoms in total. The number of phenols is 2. The molecule has 51 heavy (non-hydrogen) atoms. The van der Waals surface area contributed by atoms with Crippen LogP contribution in [0.25, 0.3) is 0 Å². The van der Waals surface area contributed by atoms with Gasteiger partial charge < -0.3 is 20.3 Å². The van der Waals surface area contributed by atoms with Crippen molar-refractivity contribution in [1.82, 2.24) is 5.32 Å². The smallest absolute Gasteiger partial charge is 0.123 e. The van der Waals surface area contributed by atoms with Crippen molar-refractivity contribution >= 4 is 0 Å². The Kier molecular flexibility index (Phi) is 12.1. The third kappa shape index (κ3) is 8.86. The van der Waals surface area contributed by atoms with Gasteiger partial charge in [0.1, 0.15) is 11.5 Å². The van der Waals surface area contributed by atoms with Crippen LogP contribution in [0.3, 0.4) is 0 Å². The van der Waals surface area contributed by atoms with E-state index < -0.39 is 0 Å². The molecule has 2 aromatic carbocycles. The van der Waals surface area contributed by atoms with Gasteiger partial charge in [-0.25, -0.2) is 0 Å². The number of phenolic OH excluding ortho intramolecular Hbond substituents is 2. The number of ether oxygens (including phenoxy) is 1. The normalized spacial score (nSPS) is 32.2. The van der Waals surface area contributed by atoms with E-state index in [2.05, 4.69) is 104 Å². The Hall–Kier alpha value is -2.04. The number of hydrogen-bond acceptors (Lipinski definition) is 4. The lowest BCUT2D eigenvalue weighted by Crippen LogP contribution is -2.42. The molecule has 0 aromatic heterocycles. The summed E-state index contributed by atoms with van der Waals surface area (Å²) in [6.07, 6.45) is 12.5. The summed E-state index contributed by atoms with van der Waals surface area (Å²) in [6, 6.07) is 9.25. The van der Waals surface area contributed by atoms with E-state index in [0.29, 0.717) is 48.3 Å². The minimum absolute atomic E-state index is 0.00650. The molecule has 4 fully saturated rings. The lowest BCUT2D eigenvalue weighted by atomic mass is 9.54. The van der Waals surface area contributed by atoms with E-state index in [0.717, 1.165) is 29.6 Å². The largest absolute Gasteiger partial charge is 0.507 e. The minimum Gasteiger partial charge on any atom is -0.507 e. The summed E-state index contributed by atoms with van der Waals surface area (Å²) in [6.45, 7) is 27.5. The van der Waals surface area contributed by atoms with Crippen molar-refractivity contribution in [3.8, 4) is 11.5 Å². The molecule has 0 amide bonds. The average molecular weight is 702 g/mol. The Labute approximate surface area is 312 Å². The van der Waals surface area contributed by atoms with Gasteiger partial charge in [0.15, 0.2) is 0 Å². The molecule has 4 unspecified atom stereocenters. The van der Waals surface area contributed by atoms with Crippen LogP contribution in [0.1, 0.15) is 174 Å². The zero-order valence-electron chi connectivity index (χ0n) is 34.8. The van der Waals surface area contributed by atoms with Crippen LogP contribution in [-0.4, -0.2) is 23.9 Å². The Morgan fingerprint density at radius 1 is 0.608 bits per heavy atom. The third-order valence-electron chi connectivity index (χ3n) is 13.4. The summed E-state index contributed by atoms with van der Waals surface area (Å²) in [5.41, 5.74) is 7.18. The van der Waals surface area contributed by atoms with Crippen molar-refractivity contribution in [2.24, 2.45) is 35.5 Å². The van der Waals surface area contributed by atoms with E-state index in [1.807, 2.05) is 6.92 Å². The van der Waals surface area contributed by atoms with Crippen LogP contribution in [0, 0.1) is 35.5 Å². The maximum absolute atomic E-state index is 12.1. The van der Waals surface area contributed by atoms with Gasteiger partial charge in [-0.2, -0.15) is 0 Å². The molecule has 4 aliphatic rings. The van der Waals surface area contributed by atoms with Crippen molar-refractivity contribution in [1.29, 1.82) is 0 Å². The van der Waals surface area contributed by atoms with Gasteiger partial charge in [0.05, 0.1) is 0 Å². The van der Waals surface area contributed by atoms with Gasteiger partial charge in [0.25, 0.3) is 0 Å². The van der Waals surface area contributed by atoms with Crippen LogP contribution in [0.4, 0.5) is 0 Å². The monoisotopic (exact) mass is 702 g/mol. The highest BCUT2D eigenvalue weighted by molar-refractivity contribution is 5.52. The van der Waals surface area contributed by atoms with Crippen molar-refractivity contribution in [3.05, 3.63) is 57.6 Å². The van der Waals surface area contributed by atoms with Crippen LogP contribution in [0.5, 0.6) is 11.5 Å². The standard InChI is InChI=1S/C44H67NO2.C3H8O/c1-27-11-31-12-28(2)20-43(19-27,23-31)37-17-35(41(5,6)7)15-33(39(37)46)25-45-26-34-16-36(42(8,9)10)18-38(40(34)47)44-21-29(3)13-32(24-44)14-30(4)22-44;1-3-4-2/h15-18,27-32,45-47H,11-14,19-26H2,1-10H3;3H2,1-2H3. The first-order chi connectivity index (χ1) is 23.8. The van der Waals surface area contributed by atoms with Gasteiger partial charge in [-0.05, 0) is 139 Å². The second-order valence-electron chi connectivity index (χ2n) is 20.6. The average Bonchev–Trinajstić information content (AvgIpc) is 3.00. The van der Waals surface area contributed by atoms with Crippen molar-refractivity contribution in [3.63, 3.8) is 0 Å². The minimum atomic E-state index is -0.00650. The fraction of sp³-hybridized carbons (Fsp3) is 0.745. The number of methoxy groups -OCH3 is 1. The Bertz CT molecular complexity index is 1340. The molecule has 0 saturated heterocycles. The second kappa shape index (κ2) is 15.4. The van der Waals surface area contributed by atoms with Gasteiger partial charge in [-0.3, -0.25) is 0 Å². The summed E-state index contributed by atoms with van der Waals surface area (Å²) >= 11 is 0. The van der Waals surface area contributed by atoms with Gasteiger partial charge in [0, 0.05) is 49.1 Å². The summed E-state index contributed by atoms with van der Waals surface area (Å²) in [4.78, 5) is 0. The number of rotatable bonds is 7. The lowest BCUT2D eigenvalue weighted by molar-refractivity contribution is 0.0759. The quantitative estimate of drug-likeness (QED) is 0.269. The first-order valence-corrected chi connectivity index (χ1v) is 20.7. The highest BCUT2D eigenvalue weighted by Gasteiger charge is 2.48. The van der Waals surface area contributed by atoms with Gasteiger partial charge in [-0.1, -0.05) is 93.5 Å². The number of fused-ring (bicyclic) bond motifs is 4. The number of aromatic hydroxyl groups is 2. The van der Waals surface area contributed by atoms with Crippen LogP contribution >= 0.6 is 0 Å². The van der Waals surface area contributed by atoms with Crippen molar-refractivity contribution in [2.45, 2.75) is 175 Å². The van der Waals surface area contributed by atoms with Crippen LogP contribution in [0.2, 0.25) is 0 Å². The van der Waals surface area contributed by atoms with Crippen LogP contribution in [-0.2, 0) is 39.5 Å². The molecular weight excluding hydrogens is 627 g/mol. The van der Waals surface area contributed by atoms with Crippen molar-refractivity contribution < 1.29 is 14.9 Å². The Morgan fingerprint density at radius 2 is 0.922 bits per heavy atom. The maximum Gasteiger partial charge on any atom is 0.123 e. The molecule has 286 valence electrons. The number of nitrogens with one attached hydrogen (secondary N) is 1. The summed E-state index contributed by atoms with van der Waals surface area (Å²) in [7, 11) is 1.68. The topological polar surface area (TPSA) is 61.7 Å². The molecular formula is C47H75NO3. The van der Waals surface area contributed by atoms with E-state index in [4.69, 9.17) is 0 Å². The van der Waals surface area contributed by atoms with Gasteiger partial charge in [-0.15, -0.1) is 0 Å². The van der Waals surface area contributed by atoms with E-state index in [9.17, 15) is 10.2 Å².